The highest BCUT2D eigenvalue weighted by atomic mass is 19.1. The van der Waals surface area contributed by atoms with Crippen LogP contribution < -0.4 is 5.32 Å². The topological polar surface area (TPSA) is 86.7 Å². The van der Waals surface area contributed by atoms with Crippen LogP contribution in [0.1, 0.15) is 33.9 Å². The molecule has 6 nitrogen and oxygen atoms in total. The number of halogens is 1. The van der Waals surface area contributed by atoms with Crippen LogP contribution in [0.3, 0.4) is 0 Å². The summed E-state index contributed by atoms with van der Waals surface area (Å²) in [5, 5.41) is 12.5. The fourth-order valence-corrected chi connectivity index (χ4v) is 4.33. The zero-order valence-corrected chi connectivity index (χ0v) is 17.7. The molecule has 3 unspecified atom stereocenters. The molecule has 2 amide bonds. The summed E-state index contributed by atoms with van der Waals surface area (Å²) < 4.78 is 13.1. The highest BCUT2D eigenvalue weighted by Gasteiger charge is 2.47. The fourth-order valence-electron chi connectivity index (χ4n) is 4.33. The van der Waals surface area contributed by atoms with E-state index in [0.717, 1.165) is 0 Å². The third-order valence-corrected chi connectivity index (χ3v) is 5.97. The molecule has 2 N–H and O–H groups in total. The van der Waals surface area contributed by atoms with Crippen molar-refractivity contribution < 1.29 is 23.9 Å². The zero-order chi connectivity index (χ0) is 23.4. The largest absolute Gasteiger partial charge is 0.508 e. The van der Waals surface area contributed by atoms with Crippen LogP contribution in [0.15, 0.2) is 78.9 Å². The number of nitrogens with zero attached hydrogens (tertiary/aromatic N) is 1. The van der Waals surface area contributed by atoms with Gasteiger partial charge in [0.2, 0.25) is 12.3 Å². The van der Waals surface area contributed by atoms with Gasteiger partial charge < -0.3 is 15.3 Å². The molecule has 3 aromatic rings. The number of carbonyl (C=O) groups excluding carboxylic acids is 3. The third-order valence-electron chi connectivity index (χ3n) is 5.97. The van der Waals surface area contributed by atoms with Crippen molar-refractivity contribution in [3.8, 4) is 5.75 Å². The standard InChI is InChI=1S/C26H23FN2O4/c27-20-10-6-17(7-11-20)15-28-26(33)23-14-22(25(32)19-4-2-1-3-5-19)24(29(23)16-30)18-8-12-21(31)13-9-18/h1-13,16,22-24,31H,14-15H2,(H,28,33). The lowest BCUT2D eigenvalue weighted by atomic mass is 9.86. The van der Waals surface area contributed by atoms with E-state index < -0.39 is 23.9 Å². The molecular formula is C26H23FN2O4. The molecular weight excluding hydrogens is 423 g/mol. The number of likely N-dealkylation sites (tertiary alicyclic amines) is 1. The molecule has 0 spiro atoms. The van der Waals surface area contributed by atoms with E-state index in [1.165, 1.54) is 29.2 Å². The predicted octanol–water partition coefficient (Wildman–Crippen LogP) is 3.62. The van der Waals surface area contributed by atoms with Crippen molar-refractivity contribution in [3.05, 3.63) is 101 Å². The summed E-state index contributed by atoms with van der Waals surface area (Å²) in [5.74, 6) is -1.49. The van der Waals surface area contributed by atoms with Gasteiger partial charge in [-0.25, -0.2) is 4.39 Å². The lowest BCUT2D eigenvalue weighted by molar-refractivity contribution is -0.132. The van der Waals surface area contributed by atoms with E-state index in [2.05, 4.69) is 5.32 Å². The van der Waals surface area contributed by atoms with Crippen LogP contribution in [0.25, 0.3) is 0 Å². The Labute approximate surface area is 190 Å². The molecule has 0 aromatic heterocycles. The number of carbonyl (C=O) groups is 3. The Kier molecular flexibility index (Phi) is 6.49. The van der Waals surface area contributed by atoms with Gasteiger partial charge in [0.25, 0.3) is 0 Å². The minimum atomic E-state index is -0.848. The highest BCUT2D eigenvalue weighted by Crippen LogP contribution is 2.42. The smallest absolute Gasteiger partial charge is 0.243 e. The average molecular weight is 446 g/mol. The number of hydrogen-bond donors (Lipinski definition) is 2. The molecule has 1 heterocycles. The van der Waals surface area contributed by atoms with Crippen molar-refractivity contribution in [2.24, 2.45) is 5.92 Å². The Morgan fingerprint density at radius 2 is 1.67 bits per heavy atom. The Balaban J connectivity index is 1.61. The van der Waals surface area contributed by atoms with Gasteiger partial charge in [0.1, 0.15) is 17.6 Å². The van der Waals surface area contributed by atoms with E-state index >= 15 is 0 Å². The maximum Gasteiger partial charge on any atom is 0.243 e. The second kappa shape index (κ2) is 9.65. The van der Waals surface area contributed by atoms with E-state index in [0.29, 0.717) is 23.1 Å². The van der Waals surface area contributed by atoms with Crippen LogP contribution in [-0.4, -0.2) is 34.1 Å². The first kappa shape index (κ1) is 22.2. The van der Waals surface area contributed by atoms with Crippen molar-refractivity contribution in [2.45, 2.75) is 25.0 Å². The number of hydrogen-bond acceptors (Lipinski definition) is 4. The SMILES string of the molecule is O=CN1C(C(=O)NCc2ccc(F)cc2)CC(C(=O)c2ccccc2)C1c1ccc(O)cc1. The molecule has 168 valence electrons. The Morgan fingerprint density at radius 3 is 2.30 bits per heavy atom. The van der Waals surface area contributed by atoms with E-state index in [1.807, 2.05) is 6.07 Å². The van der Waals surface area contributed by atoms with Gasteiger partial charge in [0, 0.05) is 18.0 Å². The molecule has 0 bridgehead atoms. The summed E-state index contributed by atoms with van der Waals surface area (Å²) in [6.07, 6.45) is 0.755. The van der Waals surface area contributed by atoms with Crippen molar-refractivity contribution in [3.63, 3.8) is 0 Å². The first-order valence-corrected chi connectivity index (χ1v) is 10.6. The molecule has 0 aliphatic carbocycles. The van der Waals surface area contributed by atoms with Gasteiger partial charge in [-0.15, -0.1) is 0 Å². The minimum Gasteiger partial charge on any atom is -0.508 e. The number of rotatable bonds is 7. The highest BCUT2D eigenvalue weighted by molar-refractivity contribution is 6.00. The number of benzene rings is 3. The molecule has 3 atom stereocenters. The normalized spacial score (nSPS) is 19.8. The number of ketones is 1. The van der Waals surface area contributed by atoms with Gasteiger partial charge in [-0.05, 0) is 41.8 Å². The van der Waals surface area contributed by atoms with Gasteiger partial charge in [-0.1, -0.05) is 54.6 Å². The average Bonchev–Trinajstić information content (AvgIpc) is 3.24. The van der Waals surface area contributed by atoms with Crippen LogP contribution in [0, 0.1) is 11.7 Å². The van der Waals surface area contributed by atoms with E-state index in [9.17, 15) is 23.9 Å². The van der Waals surface area contributed by atoms with Crippen molar-refractivity contribution in [1.82, 2.24) is 10.2 Å². The maximum absolute atomic E-state index is 13.4. The number of amides is 2. The Bertz CT molecular complexity index is 1130. The summed E-state index contributed by atoms with van der Waals surface area (Å²) in [5.41, 5.74) is 1.87. The summed E-state index contributed by atoms with van der Waals surface area (Å²) in [6.45, 7) is 0.170. The molecule has 33 heavy (non-hydrogen) atoms. The number of aromatic hydroxyl groups is 1. The molecule has 4 rings (SSSR count). The molecule has 1 aliphatic rings. The van der Waals surface area contributed by atoms with Crippen LogP contribution >= 0.6 is 0 Å². The van der Waals surface area contributed by atoms with Gasteiger partial charge in [-0.2, -0.15) is 0 Å². The number of phenols is 1. The summed E-state index contributed by atoms with van der Waals surface area (Å²) >= 11 is 0. The lowest BCUT2D eigenvalue weighted by Crippen LogP contribution is -2.43. The van der Waals surface area contributed by atoms with Crippen LogP contribution in [0.4, 0.5) is 4.39 Å². The van der Waals surface area contributed by atoms with Crippen LogP contribution in [-0.2, 0) is 16.1 Å². The van der Waals surface area contributed by atoms with Crippen molar-refractivity contribution in [2.75, 3.05) is 0 Å². The van der Waals surface area contributed by atoms with Gasteiger partial charge in [0.15, 0.2) is 5.78 Å². The van der Waals surface area contributed by atoms with Crippen LogP contribution in [0.5, 0.6) is 5.75 Å². The van der Waals surface area contributed by atoms with E-state index in [-0.39, 0.29) is 30.3 Å². The first-order chi connectivity index (χ1) is 16.0. The van der Waals surface area contributed by atoms with E-state index in [4.69, 9.17) is 0 Å². The van der Waals surface area contributed by atoms with Gasteiger partial charge in [0.05, 0.1) is 6.04 Å². The molecule has 1 fully saturated rings. The monoisotopic (exact) mass is 446 g/mol. The number of Topliss-reactive ketones (excluding diaryl/α,β-unsaturated/α-hetero) is 1. The number of nitrogens with one attached hydrogen (secondary N) is 1. The summed E-state index contributed by atoms with van der Waals surface area (Å²) in [7, 11) is 0. The van der Waals surface area contributed by atoms with E-state index in [1.54, 1.807) is 48.5 Å². The van der Waals surface area contributed by atoms with Crippen molar-refractivity contribution >= 4 is 18.1 Å². The lowest BCUT2D eigenvalue weighted by Gasteiger charge is -2.27. The second-order valence-corrected chi connectivity index (χ2v) is 8.02. The minimum absolute atomic E-state index is 0.0638. The molecule has 0 radical (unpaired) electrons. The Morgan fingerprint density at radius 1 is 1.00 bits per heavy atom. The first-order valence-electron chi connectivity index (χ1n) is 10.6. The van der Waals surface area contributed by atoms with Gasteiger partial charge in [-0.3, -0.25) is 14.4 Å². The molecule has 1 saturated heterocycles. The fraction of sp³-hybridized carbons (Fsp3) is 0.192. The molecule has 3 aromatic carbocycles. The maximum atomic E-state index is 13.4. The Hall–Kier alpha value is -4.00. The molecule has 1 aliphatic heterocycles. The third kappa shape index (κ3) is 4.77. The van der Waals surface area contributed by atoms with Crippen LogP contribution in [0.2, 0.25) is 0 Å². The second-order valence-electron chi connectivity index (χ2n) is 8.02. The molecule has 0 saturated carbocycles. The van der Waals surface area contributed by atoms with Gasteiger partial charge >= 0.3 is 0 Å². The van der Waals surface area contributed by atoms with Crippen molar-refractivity contribution in [1.29, 1.82) is 0 Å². The summed E-state index contributed by atoms with van der Waals surface area (Å²) in [6, 6.07) is 19.3. The zero-order valence-electron chi connectivity index (χ0n) is 17.7. The molecule has 7 heteroatoms. The quantitative estimate of drug-likeness (QED) is 0.429. The summed E-state index contributed by atoms with van der Waals surface area (Å²) in [4.78, 5) is 39.9. The predicted molar refractivity (Wildman–Crippen MR) is 120 cm³/mol. The number of phenolic OH excluding ortho intramolecular Hbond substituents is 1.